The third-order valence-electron chi connectivity index (χ3n) is 4.97. The van der Waals surface area contributed by atoms with Crippen molar-refractivity contribution in [2.75, 3.05) is 24.7 Å². The van der Waals surface area contributed by atoms with Crippen LogP contribution in [0.4, 0.5) is 5.13 Å². The summed E-state index contributed by atoms with van der Waals surface area (Å²) in [6, 6.07) is 11.0. The van der Waals surface area contributed by atoms with Crippen LogP contribution in [-0.4, -0.2) is 47.7 Å². The number of anilines is 1. The highest BCUT2D eigenvalue weighted by Crippen LogP contribution is 2.30. The van der Waals surface area contributed by atoms with E-state index in [0.29, 0.717) is 29.5 Å². The lowest BCUT2D eigenvalue weighted by Gasteiger charge is -2.23. The maximum absolute atomic E-state index is 13.4. The van der Waals surface area contributed by atoms with E-state index in [-0.39, 0.29) is 24.3 Å². The average Bonchev–Trinajstić information content (AvgIpc) is 3.41. The quantitative estimate of drug-likeness (QED) is 0.555. The van der Waals surface area contributed by atoms with E-state index >= 15 is 0 Å². The number of amides is 1. The van der Waals surface area contributed by atoms with Gasteiger partial charge in [-0.2, -0.15) is 0 Å². The average molecular weight is 426 g/mol. The number of aromatic nitrogens is 2. The number of pyridine rings is 1. The fourth-order valence-electron chi connectivity index (χ4n) is 3.46. The smallest absolute Gasteiger partial charge is 0.339 e. The van der Waals surface area contributed by atoms with E-state index < -0.39 is 5.97 Å². The van der Waals surface area contributed by atoms with Gasteiger partial charge in [0.15, 0.2) is 5.13 Å². The second-order valence-corrected chi connectivity index (χ2v) is 8.07. The number of benzene rings is 1. The van der Waals surface area contributed by atoms with Gasteiger partial charge >= 0.3 is 5.97 Å². The third kappa shape index (κ3) is 4.20. The molecular weight excluding hydrogens is 402 g/mol. The molecule has 4 rings (SSSR count). The normalized spacial score (nSPS) is 16.0. The van der Waals surface area contributed by atoms with Crippen LogP contribution in [0, 0.1) is 6.92 Å². The van der Waals surface area contributed by atoms with Gasteiger partial charge in [-0.1, -0.05) is 23.5 Å². The summed E-state index contributed by atoms with van der Waals surface area (Å²) in [5.41, 5.74) is 1.93. The fourth-order valence-corrected chi connectivity index (χ4v) is 4.43. The lowest BCUT2D eigenvalue weighted by atomic mass is 10.1. The van der Waals surface area contributed by atoms with Crippen LogP contribution in [0.5, 0.6) is 0 Å². The molecule has 2 aromatic heterocycles. The first kappa shape index (κ1) is 20.4. The van der Waals surface area contributed by atoms with Crippen LogP contribution in [0.3, 0.4) is 0 Å². The molecule has 1 amide bonds. The minimum absolute atomic E-state index is 0.0270. The summed E-state index contributed by atoms with van der Waals surface area (Å²) in [6.07, 6.45) is 1.86. The first-order chi connectivity index (χ1) is 14.6. The molecule has 0 saturated carbocycles. The molecule has 0 bridgehead atoms. The number of carbonyl (C=O) groups is 2. The van der Waals surface area contributed by atoms with Gasteiger partial charge in [-0.25, -0.2) is 14.8 Å². The molecule has 1 aliphatic rings. The second-order valence-electron chi connectivity index (χ2n) is 7.06. The Labute approximate surface area is 178 Å². The molecule has 3 aromatic rings. The van der Waals surface area contributed by atoms with Gasteiger partial charge in [-0.3, -0.25) is 9.69 Å². The number of aryl methyl sites for hydroxylation is 1. The molecule has 30 heavy (non-hydrogen) atoms. The number of hydrogen-bond acceptors (Lipinski definition) is 7. The minimum Gasteiger partial charge on any atom is -0.462 e. The highest BCUT2D eigenvalue weighted by molar-refractivity contribution is 7.22. The molecule has 1 unspecified atom stereocenters. The number of fused-ring (bicyclic) bond motifs is 1. The van der Waals surface area contributed by atoms with E-state index in [1.807, 2.05) is 24.3 Å². The third-order valence-corrected chi connectivity index (χ3v) is 6.03. The van der Waals surface area contributed by atoms with Crippen molar-refractivity contribution in [3.8, 4) is 0 Å². The Morgan fingerprint density at radius 1 is 1.23 bits per heavy atom. The van der Waals surface area contributed by atoms with Gasteiger partial charge in [0.1, 0.15) is 5.69 Å². The van der Waals surface area contributed by atoms with Gasteiger partial charge < -0.3 is 9.47 Å². The number of hydrogen-bond donors (Lipinski definition) is 0. The molecule has 0 radical (unpaired) electrons. The number of thiazole rings is 1. The van der Waals surface area contributed by atoms with E-state index in [0.717, 1.165) is 23.1 Å². The van der Waals surface area contributed by atoms with Gasteiger partial charge in [0.25, 0.3) is 5.91 Å². The number of ether oxygens (including phenoxy) is 2. The molecule has 1 aromatic carbocycles. The van der Waals surface area contributed by atoms with E-state index in [9.17, 15) is 9.59 Å². The van der Waals surface area contributed by atoms with Crippen molar-refractivity contribution in [1.29, 1.82) is 0 Å². The van der Waals surface area contributed by atoms with E-state index in [4.69, 9.17) is 9.47 Å². The van der Waals surface area contributed by atoms with Crippen LogP contribution < -0.4 is 4.90 Å². The predicted molar refractivity (Wildman–Crippen MR) is 115 cm³/mol. The van der Waals surface area contributed by atoms with Crippen molar-refractivity contribution < 1.29 is 19.1 Å². The maximum Gasteiger partial charge on any atom is 0.339 e. The Bertz CT molecular complexity index is 1040. The molecule has 0 spiro atoms. The minimum atomic E-state index is -0.441. The lowest BCUT2D eigenvalue weighted by molar-refractivity contribution is 0.0524. The van der Waals surface area contributed by atoms with Crippen LogP contribution in [-0.2, 0) is 9.47 Å². The van der Waals surface area contributed by atoms with Gasteiger partial charge in [0, 0.05) is 6.61 Å². The highest BCUT2D eigenvalue weighted by atomic mass is 32.1. The zero-order chi connectivity index (χ0) is 21.1. The topological polar surface area (TPSA) is 81.6 Å². The van der Waals surface area contributed by atoms with Crippen molar-refractivity contribution in [1.82, 2.24) is 9.97 Å². The Hall–Kier alpha value is -2.84. The molecule has 156 valence electrons. The number of rotatable bonds is 6. The van der Waals surface area contributed by atoms with Crippen LogP contribution in [0.1, 0.15) is 46.3 Å². The monoisotopic (exact) mass is 425 g/mol. The van der Waals surface area contributed by atoms with Crippen LogP contribution in [0.2, 0.25) is 0 Å². The molecule has 7 nitrogen and oxygen atoms in total. The molecule has 3 heterocycles. The number of para-hydroxylation sites is 1. The predicted octanol–water partition coefficient (Wildman–Crippen LogP) is 4.00. The fraction of sp³-hybridized carbons (Fsp3) is 0.364. The molecule has 0 N–H and O–H groups in total. The lowest BCUT2D eigenvalue weighted by Crippen LogP contribution is -2.38. The van der Waals surface area contributed by atoms with Crippen molar-refractivity contribution >= 4 is 38.6 Å². The highest BCUT2D eigenvalue weighted by Gasteiger charge is 2.28. The SMILES string of the molecule is CCOC(=O)c1ccc(C(=O)N(CC2CCCO2)c2nc3ccccc3s2)nc1C. The van der Waals surface area contributed by atoms with Crippen molar-refractivity contribution in [2.45, 2.75) is 32.8 Å². The summed E-state index contributed by atoms with van der Waals surface area (Å²) in [4.78, 5) is 36.2. The van der Waals surface area contributed by atoms with E-state index in [1.165, 1.54) is 11.3 Å². The first-order valence-electron chi connectivity index (χ1n) is 10.0. The van der Waals surface area contributed by atoms with Gasteiger partial charge in [0.05, 0.1) is 40.7 Å². The van der Waals surface area contributed by atoms with E-state index in [1.54, 1.807) is 30.9 Å². The van der Waals surface area contributed by atoms with Crippen LogP contribution in [0.25, 0.3) is 10.2 Å². The van der Waals surface area contributed by atoms with Crippen LogP contribution >= 0.6 is 11.3 Å². The van der Waals surface area contributed by atoms with Crippen molar-refractivity contribution in [2.24, 2.45) is 0 Å². The number of carbonyl (C=O) groups excluding carboxylic acids is 2. The Balaban J connectivity index is 1.66. The first-order valence-corrected chi connectivity index (χ1v) is 10.8. The molecular formula is C22H23N3O4S. The Morgan fingerprint density at radius 3 is 2.77 bits per heavy atom. The molecule has 1 fully saturated rings. The summed E-state index contributed by atoms with van der Waals surface area (Å²) >= 11 is 1.47. The Kier molecular flexibility index (Phi) is 6.06. The molecule has 1 atom stereocenters. The zero-order valence-electron chi connectivity index (χ0n) is 17.0. The molecule has 1 aliphatic heterocycles. The van der Waals surface area contributed by atoms with Gasteiger partial charge in [-0.15, -0.1) is 0 Å². The summed E-state index contributed by atoms with van der Waals surface area (Å²) in [5.74, 6) is -0.702. The largest absolute Gasteiger partial charge is 0.462 e. The number of nitrogens with zero attached hydrogens (tertiary/aromatic N) is 3. The maximum atomic E-state index is 13.4. The van der Waals surface area contributed by atoms with Crippen molar-refractivity contribution in [3.63, 3.8) is 0 Å². The standard InChI is InChI=1S/C22H23N3O4S/c1-3-28-21(27)16-10-11-18(23-14(16)2)20(26)25(13-15-7-6-12-29-15)22-24-17-8-4-5-9-19(17)30-22/h4-5,8-11,15H,3,6-7,12-13H2,1-2H3. The summed E-state index contributed by atoms with van der Waals surface area (Å²) in [6.45, 7) is 4.85. The zero-order valence-corrected chi connectivity index (χ0v) is 17.8. The van der Waals surface area contributed by atoms with Gasteiger partial charge in [0.2, 0.25) is 0 Å². The van der Waals surface area contributed by atoms with Gasteiger partial charge in [-0.05, 0) is 51.0 Å². The van der Waals surface area contributed by atoms with Crippen LogP contribution in [0.15, 0.2) is 36.4 Å². The van der Waals surface area contributed by atoms with Crippen molar-refractivity contribution in [3.05, 3.63) is 53.3 Å². The summed E-state index contributed by atoms with van der Waals surface area (Å²) in [5, 5.41) is 0.616. The van der Waals surface area contributed by atoms with E-state index in [2.05, 4.69) is 9.97 Å². The summed E-state index contributed by atoms with van der Waals surface area (Å²) in [7, 11) is 0. The number of esters is 1. The second kappa shape index (κ2) is 8.89. The Morgan fingerprint density at radius 2 is 2.07 bits per heavy atom. The molecule has 8 heteroatoms. The summed E-state index contributed by atoms with van der Waals surface area (Å²) < 4.78 is 11.8. The molecule has 0 aliphatic carbocycles. The molecule has 1 saturated heterocycles.